The Labute approximate surface area is 130 Å². The highest BCUT2D eigenvalue weighted by molar-refractivity contribution is 6.05. The number of non-ortho nitro benzene ring substituents is 1. The van der Waals surface area contributed by atoms with Crippen LogP contribution in [0, 0.1) is 10.1 Å². The zero-order chi connectivity index (χ0) is 16.8. The van der Waals surface area contributed by atoms with Crippen LogP contribution in [0.15, 0.2) is 47.1 Å². The number of benzene rings is 1. The van der Waals surface area contributed by atoms with Crippen LogP contribution in [0.2, 0.25) is 0 Å². The van der Waals surface area contributed by atoms with Crippen LogP contribution in [0.4, 0.5) is 5.69 Å². The molecule has 0 fully saturated rings. The summed E-state index contributed by atoms with van der Waals surface area (Å²) in [6, 6.07) is 6.75. The summed E-state index contributed by atoms with van der Waals surface area (Å²) in [7, 11) is 0. The Morgan fingerprint density at radius 2 is 2.04 bits per heavy atom. The number of nitro groups is 1. The second kappa shape index (κ2) is 7.12. The number of aldehydes is 1. The lowest BCUT2D eigenvalue weighted by Gasteiger charge is -2.10. The first-order valence-electron chi connectivity index (χ1n) is 6.56. The van der Waals surface area contributed by atoms with E-state index in [2.05, 4.69) is 5.16 Å². The van der Waals surface area contributed by atoms with Crippen molar-refractivity contribution in [3.63, 3.8) is 0 Å². The minimum atomic E-state index is -1.10. The molecule has 0 aliphatic rings. The highest BCUT2D eigenvalue weighted by Crippen LogP contribution is 2.25. The van der Waals surface area contributed by atoms with Gasteiger partial charge in [-0.2, -0.15) is 0 Å². The molecule has 8 heteroatoms. The first-order valence-corrected chi connectivity index (χ1v) is 6.56. The molecular weight excluding hydrogens is 304 g/mol. The van der Waals surface area contributed by atoms with Gasteiger partial charge in [-0.1, -0.05) is 23.4 Å². The fourth-order valence-electron chi connectivity index (χ4n) is 2.02. The van der Waals surface area contributed by atoms with E-state index in [9.17, 15) is 24.8 Å². The summed E-state index contributed by atoms with van der Waals surface area (Å²) in [5.41, 5.74) is 0.474. The van der Waals surface area contributed by atoms with Crippen molar-refractivity contribution < 1.29 is 24.1 Å². The lowest BCUT2D eigenvalue weighted by Crippen LogP contribution is -2.11. The van der Waals surface area contributed by atoms with Crippen molar-refractivity contribution >= 4 is 23.5 Å². The van der Waals surface area contributed by atoms with Crippen molar-refractivity contribution in [2.45, 2.75) is 12.3 Å². The lowest BCUT2D eigenvalue weighted by molar-refractivity contribution is -0.384. The number of carboxylic acids is 1. The first-order chi connectivity index (χ1) is 11.0. The number of nitro benzene ring substituents is 1. The summed E-state index contributed by atoms with van der Waals surface area (Å²) in [5, 5.41) is 23.4. The maximum absolute atomic E-state index is 11.4. The van der Waals surface area contributed by atoms with E-state index in [0.29, 0.717) is 11.8 Å². The summed E-state index contributed by atoms with van der Waals surface area (Å²) >= 11 is 0. The molecule has 8 nitrogen and oxygen atoms in total. The molecule has 0 aliphatic heterocycles. The van der Waals surface area contributed by atoms with Gasteiger partial charge in [0.25, 0.3) is 5.69 Å². The number of nitrogens with zero attached hydrogens (tertiary/aromatic N) is 2. The molecule has 0 radical (unpaired) electrons. The van der Waals surface area contributed by atoms with Gasteiger partial charge >= 0.3 is 5.97 Å². The van der Waals surface area contributed by atoms with Crippen molar-refractivity contribution in [3.8, 4) is 0 Å². The largest absolute Gasteiger partial charge is 0.481 e. The molecule has 2 aromatic rings. The van der Waals surface area contributed by atoms with Crippen molar-refractivity contribution in [3.05, 3.63) is 64.0 Å². The van der Waals surface area contributed by atoms with E-state index in [-0.39, 0.29) is 23.4 Å². The molecule has 118 valence electrons. The van der Waals surface area contributed by atoms with Gasteiger partial charge in [0.2, 0.25) is 0 Å². The molecule has 1 atom stereocenters. The molecule has 1 aromatic heterocycles. The Kier molecular flexibility index (Phi) is 4.98. The van der Waals surface area contributed by atoms with Gasteiger partial charge in [0, 0.05) is 18.2 Å². The van der Waals surface area contributed by atoms with E-state index in [1.807, 2.05) is 0 Å². The third kappa shape index (κ3) is 3.88. The molecule has 2 rings (SSSR count). The molecule has 0 amide bonds. The molecule has 23 heavy (non-hydrogen) atoms. The van der Waals surface area contributed by atoms with Gasteiger partial charge in [0.05, 0.1) is 22.6 Å². The predicted molar refractivity (Wildman–Crippen MR) is 78.6 cm³/mol. The first kappa shape index (κ1) is 16.1. The Morgan fingerprint density at radius 3 is 2.52 bits per heavy atom. The van der Waals surface area contributed by atoms with Crippen molar-refractivity contribution in [1.82, 2.24) is 5.16 Å². The van der Waals surface area contributed by atoms with Crippen molar-refractivity contribution in [2.24, 2.45) is 0 Å². The van der Waals surface area contributed by atoms with Gasteiger partial charge < -0.3 is 9.63 Å². The Morgan fingerprint density at radius 1 is 1.35 bits per heavy atom. The maximum atomic E-state index is 11.4. The summed E-state index contributed by atoms with van der Waals surface area (Å²) in [4.78, 5) is 32.5. The van der Waals surface area contributed by atoms with Crippen LogP contribution >= 0.6 is 0 Å². The maximum Gasteiger partial charge on any atom is 0.311 e. The van der Waals surface area contributed by atoms with E-state index in [1.165, 1.54) is 42.6 Å². The minimum Gasteiger partial charge on any atom is -0.481 e. The SMILES string of the molecule is O=CC(=CCC(C(=O)O)c1ccc([N+](=O)[O-])cc1)c1ccno1. The van der Waals surface area contributed by atoms with Crippen LogP contribution in [0.25, 0.3) is 5.57 Å². The molecule has 1 heterocycles. The van der Waals surface area contributed by atoms with E-state index < -0.39 is 16.8 Å². The Bertz CT molecular complexity index is 734. The predicted octanol–water partition coefficient (Wildman–Crippen LogP) is 2.42. The normalized spacial score (nSPS) is 12.6. The van der Waals surface area contributed by atoms with Gasteiger partial charge in [-0.15, -0.1) is 0 Å². The quantitative estimate of drug-likeness (QED) is 0.360. The van der Waals surface area contributed by atoms with Crippen LogP contribution < -0.4 is 0 Å². The molecule has 1 unspecified atom stereocenters. The van der Waals surface area contributed by atoms with Gasteiger partial charge in [0.15, 0.2) is 12.0 Å². The average molecular weight is 316 g/mol. The molecular formula is C15H12N2O6. The molecule has 1 aromatic carbocycles. The number of carbonyl (C=O) groups excluding carboxylic acids is 1. The second-order valence-electron chi connectivity index (χ2n) is 4.63. The number of carboxylic acid groups (broad SMARTS) is 1. The van der Waals surface area contributed by atoms with Gasteiger partial charge in [-0.25, -0.2) is 0 Å². The smallest absolute Gasteiger partial charge is 0.311 e. The van der Waals surface area contributed by atoms with Gasteiger partial charge in [-0.3, -0.25) is 19.7 Å². The molecule has 0 spiro atoms. The number of hydrogen-bond donors (Lipinski definition) is 1. The van der Waals surface area contributed by atoms with Crippen LogP contribution in [0.5, 0.6) is 0 Å². The average Bonchev–Trinajstić information content (AvgIpc) is 3.05. The summed E-state index contributed by atoms with van der Waals surface area (Å²) in [5.74, 6) is -1.79. The topological polar surface area (TPSA) is 124 Å². The Hall–Kier alpha value is -3.29. The van der Waals surface area contributed by atoms with Crippen LogP contribution in [0.1, 0.15) is 23.7 Å². The van der Waals surface area contributed by atoms with Gasteiger partial charge in [0.1, 0.15) is 0 Å². The molecule has 0 aliphatic carbocycles. The monoisotopic (exact) mass is 316 g/mol. The fourth-order valence-corrected chi connectivity index (χ4v) is 2.02. The van der Waals surface area contributed by atoms with Crippen LogP contribution in [-0.4, -0.2) is 27.4 Å². The number of allylic oxidation sites excluding steroid dienone is 2. The molecule has 0 bridgehead atoms. The third-order valence-corrected chi connectivity index (χ3v) is 3.23. The lowest BCUT2D eigenvalue weighted by atomic mass is 9.94. The highest BCUT2D eigenvalue weighted by atomic mass is 16.6. The van der Waals surface area contributed by atoms with E-state index in [4.69, 9.17) is 4.52 Å². The summed E-state index contributed by atoms with van der Waals surface area (Å²) < 4.78 is 4.86. The standard InChI is InChI=1S/C15H12N2O6/c18-9-11(14-7-8-16-23-14)3-6-13(15(19)20)10-1-4-12(5-2-10)17(21)22/h1-5,7-9,13H,6H2,(H,19,20). The third-order valence-electron chi connectivity index (χ3n) is 3.23. The van der Waals surface area contributed by atoms with Crippen LogP contribution in [0.3, 0.4) is 0 Å². The Balaban J connectivity index is 2.23. The number of rotatable bonds is 7. The van der Waals surface area contributed by atoms with Crippen molar-refractivity contribution in [2.75, 3.05) is 0 Å². The van der Waals surface area contributed by atoms with Crippen molar-refractivity contribution in [1.29, 1.82) is 0 Å². The minimum absolute atomic E-state index is 0.0297. The zero-order valence-electron chi connectivity index (χ0n) is 11.8. The second-order valence-corrected chi connectivity index (χ2v) is 4.63. The summed E-state index contributed by atoms with van der Waals surface area (Å²) in [6.07, 6.45) is 3.39. The summed E-state index contributed by atoms with van der Waals surface area (Å²) in [6.45, 7) is 0. The zero-order valence-corrected chi connectivity index (χ0v) is 11.8. The number of aromatic nitrogens is 1. The number of hydrogen-bond acceptors (Lipinski definition) is 6. The van der Waals surface area contributed by atoms with E-state index >= 15 is 0 Å². The fraction of sp³-hybridized carbons (Fsp3) is 0.133. The number of carbonyl (C=O) groups is 2. The molecule has 0 saturated heterocycles. The number of aliphatic carboxylic acids is 1. The highest BCUT2D eigenvalue weighted by Gasteiger charge is 2.20. The van der Waals surface area contributed by atoms with Crippen LogP contribution in [-0.2, 0) is 9.59 Å². The van der Waals surface area contributed by atoms with Gasteiger partial charge in [-0.05, 0) is 12.0 Å². The molecule has 0 saturated carbocycles. The van der Waals surface area contributed by atoms with E-state index in [1.54, 1.807) is 0 Å². The van der Waals surface area contributed by atoms with E-state index in [0.717, 1.165) is 0 Å². The molecule has 1 N–H and O–H groups in total.